The number of carbonyl (C=O) groups excluding carboxylic acids is 1. The molecule has 0 fully saturated rings. The van der Waals surface area contributed by atoms with Gasteiger partial charge in [-0.25, -0.2) is 9.59 Å². The largest absolute Gasteiger partial charge is 0.480 e. The molecule has 0 bridgehead atoms. The molecule has 0 saturated carbocycles. The molecule has 1 aliphatic rings. The second kappa shape index (κ2) is 7.97. The Morgan fingerprint density at radius 3 is 2.60 bits per heavy atom. The topological polar surface area (TPSA) is 110 Å². The fourth-order valence-electron chi connectivity index (χ4n) is 4.30. The maximum Gasteiger partial charge on any atom is 0.340 e. The standard InChI is InChI=1S/C23H25NO6/c1-3-6-17(22(26)27)24-21(25)10-15-12(2)14-9-16-13-7-4-5-8-18(13)29-20(16)11-19(14)30-23(15)28/h9,11,17H,3-8,10H2,1-2H3,(H,24,25)(H,26,27)/t17-/m0/s1. The summed E-state index contributed by atoms with van der Waals surface area (Å²) in [6.45, 7) is 3.64. The summed E-state index contributed by atoms with van der Waals surface area (Å²) >= 11 is 0. The molecule has 0 unspecified atom stereocenters. The monoisotopic (exact) mass is 411 g/mol. The van der Waals surface area contributed by atoms with Crippen LogP contribution in [0.1, 0.15) is 55.1 Å². The van der Waals surface area contributed by atoms with Crippen LogP contribution < -0.4 is 10.9 Å². The number of aliphatic carboxylic acids is 1. The van der Waals surface area contributed by atoms with Gasteiger partial charge in [0.25, 0.3) is 0 Å². The van der Waals surface area contributed by atoms with Gasteiger partial charge < -0.3 is 19.3 Å². The van der Waals surface area contributed by atoms with Crippen molar-refractivity contribution in [3.8, 4) is 0 Å². The van der Waals surface area contributed by atoms with Gasteiger partial charge in [0.15, 0.2) is 0 Å². The molecule has 4 rings (SSSR count). The minimum absolute atomic E-state index is 0.223. The summed E-state index contributed by atoms with van der Waals surface area (Å²) < 4.78 is 11.5. The molecule has 0 aliphatic heterocycles. The highest BCUT2D eigenvalue weighted by molar-refractivity contribution is 5.97. The molecule has 30 heavy (non-hydrogen) atoms. The van der Waals surface area contributed by atoms with Crippen molar-refractivity contribution in [2.24, 2.45) is 0 Å². The predicted octanol–water partition coefficient (Wildman–Crippen LogP) is 3.64. The van der Waals surface area contributed by atoms with Gasteiger partial charge in [-0.15, -0.1) is 0 Å². The van der Waals surface area contributed by atoms with E-state index in [9.17, 15) is 19.5 Å². The van der Waals surface area contributed by atoms with E-state index in [0.29, 0.717) is 29.6 Å². The van der Waals surface area contributed by atoms with Gasteiger partial charge in [-0.05, 0) is 44.2 Å². The SMILES string of the molecule is CCC[C@H](NC(=O)Cc1c(C)c2cc3c4c(oc3cc2oc1=O)CCCC4)C(=O)O. The van der Waals surface area contributed by atoms with Gasteiger partial charge in [-0.1, -0.05) is 13.3 Å². The van der Waals surface area contributed by atoms with Crippen molar-refractivity contribution in [3.63, 3.8) is 0 Å². The molecule has 7 heteroatoms. The third-order valence-corrected chi connectivity index (χ3v) is 5.91. The number of amides is 1. The minimum atomic E-state index is -1.08. The van der Waals surface area contributed by atoms with E-state index in [2.05, 4.69) is 5.32 Å². The fraction of sp³-hybridized carbons (Fsp3) is 0.435. The molecular formula is C23H25NO6. The zero-order valence-corrected chi connectivity index (χ0v) is 17.2. The first kappa shape index (κ1) is 20.2. The van der Waals surface area contributed by atoms with Crippen molar-refractivity contribution >= 4 is 33.8 Å². The maximum atomic E-state index is 12.6. The Labute approximate surface area is 173 Å². The van der Waals surface area contributed by atoms with Crippen LogP contribution in [-0.2, 0) is 28.9 Å². The molecule has 2 heterocycles. The Kier molecular flexibility index (Phi) is 5.37. The summed E-state index contributed by atoms with van der Waals surface area (Å²) in [6.07, 6.45) is 4.84. The van der Waals surface area contributed by atoms with Gasteiger partial charge in [0.05, 0.1) is 12.0 Å². The number of fused-ring (bicyclic) bond motifs is 4. The molecule has 7 nitrogen and oxygen atoms in total. The van der Waals surface area contributed by atoms with E-state index >= 15 is 0 Å². The summed E-state index contributed by atoms with van der Waals surface area (Å²) in [7, 11) is 0. The number of rotatable bonds is 6. The Morgan fingerprint density at radius 1 is 1.13 bits per heavy atom. The van der Waals surface area contributed by atoms with Crippen LogP contribution in [0.4, 0.5) is 0 Å². The van der Waals surface area contributed by atoms with Crippen LogP contribution in [0.2, 0.25) is 0 Å². The first-order valence-corrected chi connectivity index (χ1v) is 10.4. The highest BCUT2D eigenvalue weighted by atomic mass is 16.4. The summed E-state index contributed by atoms with van der Waals surface area (Å²) in [5, 5.41) is 13.5. The van der Waals surface area contributed by atoms with Gasteiger partial charge in [0.1, 0.15) is 23.0 Å². The molecule has 1 amide bonds. The van der Waals surface area contributed by atoms with E-state index < -0.39 is 23.5 Å². The van der Waals surface area contributed by atoms with Gasteiger partial charge in [-0.3, -0.25) is 4.79 Å². The number of carbonyl (C=O) groups is 2. The lowest BCUT2D eigenvalue weighted by Crippen LogP contribution is -2.41. The maximum absolute atomic E-state index is 12.6. The fourth-order valence-corrected chi connectivity index (χ4v) is 4.30. The minimum Gasteiger partial charge on any atom is -0.480 e. The van der Waals surface area contributed by atoms with Crippen LogP contribution >= 0.6 is 0 Å². The van der Waals surface area contributed by atoms with E-state index in [-0.39, 0.29) is 12.0 Å². The first-order valence-electron chi connectivity index (χ1n) is 10.4. The molecule has 0 spiro atoms. The molecule has 0 radical (unpaired) electrons. The normalized spacial score (nSPS) is 14.6. The quantitative estimate of drug-likeness (QED) is 0.599. The molecule has 2 N–H and O–H groups in total. The second-order valence-electron chi connectivity index (χ2n) is 7.97. The van der Waals surface area contributed by atoms with E-state index in [4.69, 9.17) is 8.83 Å². The summed E-state index contributed by atoms with van der Waals surface area (Å²) in [5.74, 6) is -0.589. The van der Waals surface area contributed by atoms with Crippen LogP contribution in [0.15, 0.2) is 25.8 Å². The molecule has 3 aromatic rings. The molecule has 158 valence electrons. The summed E-state index contributed by atoms with van der Waals surface area (Å²) in [4.78, 5) is 36.3. The van der Waals surface area contributed by atoms with Crippen molar-refractivity contribution < 1.29 is 23.5 Å². The molecule has 2 aromatic heterocycles. The third kappa shape index (κ3) is 3.60. The number of hydrogen-bond acceptors (Lipinski definition) is 5. The predicted molar refractivity (Wildman–Crippen MR) is 112 cm³/mol. The van der Waals surface area contributed by atoms with Crippen LogP contribution in [0.25, 0.3) is 21.9 Å². The lowest BCUT2D eigenvalue weighted by Gasteiger charge is -2.14. The number of carboxylic acid groups (broad SMARTS) is 1. The van der Waals surface area contributed by atoms with Crippen LogP contribution in [0.3, 0.4) is 0 Å². The Hall–Kier alpha value is -3.09. The number of furan rings is 1. The lowest BCUT2D eigenvalue weighted by atomic mass is 9.94. The van der Waals surface area contributed by atoms with Gasteiger partial charge in [-0.2, -0.15) is 0 Å². The van der Waals surface area contributed by atoms with Gasteiger partial charge in [0, 0.05) is 28.8 Å². The van der Waals surface area contributed by atoms with Crippen LogP contribution in [-0.4, -0.2) is 23.0 Å². The van der Waals surface area contributed by atoms with Gasteiger partial charge >= 0.3 is 11.6 Å². The highest BCUT2D eigenvalue weighted by Crippen LogP contribution is 2.35. The summed E-state index contributed by atoms with van der Waals surface area (Å²) in [6, 6.07) is 2.77. The first-order chi connectivity index (χ1) is 14.4. The highest BCUT2D eigenvalue weighted by Gasteiger charge is 2.23. The summed E-state index contributed by atoms with van der Waals surface area (Å²) in [5.41, 5.74) is 2.69. The Balaban J connectivity index is 1.72. The average Bonchev–Trinajstić information content (AvgIpc) is 3.07. The lowest BCUT2D eigenvalue weighted by molar-refractivity contribution is -0.141. The van der Waals surface area contributed by atoms with Crippen LogP contribution in [0.5, 0.6) is 0 Å². The number of benzene rings is 1. The zero-order valence-electron chi connectivity index (χ0n) is 17.2. The van der Waals surface area contributed by atoms with Crippen molar-refractivity contribution in [1.82, 2.24) is 5.32 Å². The Morgan fingerprint density at radius 2 is 1.87 bits per heavy atom. The van der Waals surface area contributed by atoms with E-state index in [1.807, 2.05) is 13.0 Å². The van der Waals surface area contributed by atoms with Crippen molar-refractivity contribution in [2.45, 2.75) is 64.8 Å². The van der Waals surface area contributed by atoms with Crippen molar-refractivity contribution in [1.29, 1.82) is 0 Å². The second-order valence-corrected chi connectivity index (χ2v) is 7.97. The number of aryl methyl sites for hydroxylation is 3. The van der Waals surface area contributed by atoms with E-state index in [0.717, 1.165) is 42.2 Å². The van der Waals surface area contributed by atoms with E-state index in [1.165, 1.54) is 5.56 Å². The van der Waals surface area contributed by atoms with Gasteiger partial charge in [0.2, 0.25) is 5.91 Å². The molecule has 1 atom stereocenters. The number of carboxylic acids is 1. The molecular weight excluding hydrogens is 386 g/mol. The smallest absolute Gasteiger partial charge is 0.340 e. The molecule has 1 aromatic carbocycles. The van der Waals surface area contributed by atoms with E-state index in [1.54, 1.807) is 13.0 Å². The third-order valence-electron chi connectivity index (χ3n) is 5.91. The van der Waals surface area contributed by atoms with Crippen LogP contribution in [0, 0.1) is 6.92 Å². The molecule has 1 aliphatic carbocycles. The average molecular weight is 411 g/mol. The number of hydrogen-bond donors (Lipinski definition) is 2. The Bertz CT molecular complexity index is 1200. The zero-order chi connectivity index (χ0) is 21.4. The van der Waals surface area contributed by atoms with Crippen molar-refractivity contribution in [2.75, 3.05) is 0 Å². The molecule has 0 saturated heterocycles. The number of nitrogens with one attached hydrogen (secondary N) is 1. The van der Waals surface area contributed by atoms with Crippen molar-refractivity contribution in [3.05, 3.63) is 45.0 Å².